The maximum atomic E-state index is 11.8. The molecule has 0 radical (unpaired) electrons. The van der Waals surface area contributed by atoms with Gasteiger partial charge in [0.1, 0.15) is 0 Å². The van der Waals surface area contributed by atoms with Gasteiger partial charge in [-0.2, -0.15) is 5.10 Å². The third kappa shape index (κ3) is 4.57. The molecule has 1 aliphatic rings. The van der Waals surface area contributed by atoms with E-state index in [1.807, 2.05) is 0 Å². The largest absolute Gasteiger partial charge is 0.454 e. The average Bonchev–Trinajstić information content (AvgIpc) is 3.14. The van der Waals surface area contributed by atoms with Crippen LogP contribution in [0.5, 0.6) is 11.5 Å². The lowest BCUT2D eigenvalue weighted by Crippen LogP contribution is -2.37. The Kier molecular flexibility index (Phi) is 5.26. The molecule has 10 nitrogen and oxygen atoms in total. The fourth-order valence-corrected chi connectivity index (χ4v) is 2.25. The van der Waals surface area contributed by atoms with Crippen LogP contribution in [0.3, 0.4) is 0 Å². The third-order valence-electron chi connectivity index (χ3n) is 3.56. The summed E-state index contributed by atoms with van der Waals surface area (Å²) in [6.07, 6.45) is 1.20. The molecule has 0 unspecified atom stereocenters. The SMILES string of the molecule is O=C(NCc1ccc2c(c1)OCO2)C(=O)N/N=C\c1cccc([N+](=O)[O-])c1. The van der Waals surface area contributed by atoms with E-state index in [1.165, 1.54) is 24.4 Å². The average molecular weight is 370 g/mol. The molecule has 1 aliphatic heterocycles. The number of non-ortho nitro benzene ring substituents is 1. The van der Waals surface area contributed by atoms with Gasteiger partial charge in [0, 0.05) is 24.2 Å². The van der Waals surface area contributed by atoms with Crippen LogP contribution >= 0.6 is 0 Å². The first-order valence-corrected chi connectivity index (χ1v) is 7.77. The summed E-state index contributed by atoms with van der Waals surface area (Å²) in [5.74, 6) is -0.632. The Morgan fingerprint density at radius 1 is 1.15 bits per heavy atom. The molecule has 2 N–H and O–H groups in total. The van der Waals surface area contributed by atoms with Crippen molar-refractivity contribution in [1.29, 1.82) is 0 Å². The van der Waals surface area contributed by atoms with Crippen LogP contribution in [-0.2, 0) is 16.1 Å². The Balaban J connectivity index is 1.50. The number of hydrogen-bond acceptors (Lipinski definition) is 7. The highest BCUT2D eigenvalue weighted by Gasteiger charge is 2.15. The summed E-state index contributed by atoms with van der Waals surface area (Å²) < 4.78 is 10.4. The lowest BCUT2D eigenvalue weighted by molar-refractivity contribution is -0.384. The summed E-state index contributed by atoms with van der Waals surface area (Å²) in [6, 6.07) is 10.8. The molecule has 0 atom stereocenters. The molecule has 10 heteroatoms. The molecule has 27 heavy (non-hydrogen) atoms. The molecule has 138 valence electrons. The first-order valence-electron chi connectivity index (χ1n) is 7.77. The zero-order valence-corrected chi connectivity index (χ0v) is 13.9. The Labute approximate surface area is 152 Å². The van der Waals surface area contributed by atoms with Crippen LogP contribution in [0, 0.1) is 10.1 Å². The highest BCUT2D eigenvalue weighted by molar-refractivity contribution is 6.35. The van der Waals surface area contributed by atoms with Crippen molar-refractivity contribution < 1.29 is 24.0 Å². The van der Waals surface area contributed by atoms with Gasteiger partial charge in [0.15, 0.2) is 11.5 Å². The van der Waals surface area contributed by atoms with E-state index in [2.05, 4.69) is 15.8 Å². The number of benzene rings is 2. The summed E-state index contributed by atoms with van der Waals surface area (Å²) >= 11 is 0. The van der Waals surface area contributed by atoms with E-state index in [0.717, 1.165) is 5.56 Å². The number of fused-ring (bicyclic) bond motifs is 1. The minimum atomic E-state index is -0.961. The summed E-state index contributed by atoms with van der Waals surface area (Å²) in [6.45, 7) is 0.271. The van der Waals surface area contributed by atoms with Gasteiger partial charge in [-0.05, 0) is 17.7 Å². The van der Waals surface area contributed by atoms with Crippen molar-refractivity contribution in [3.8, 4) is 11.5 Å². The van der Waals surface area contributed by atoms with Gasteiger partial charge in [0.25, 0.3) is 5.69 Å². The topological polar surface area (TPSA) is 132 Å². The fraction of sp³-hybridized carbons (Fsp3) is 0.118. The predicted molar refractivity (Wildman–Crippen MR) is 93.2 cm³/mol. The normalized spacial score (nSPS) is 12.0. The number of hydrogen-bond donors (Lipinski definition) is 2. The van der Waals surface area contributed by atoms with Crippen LogP contribution in [0.25, 0.3) is 0 Å². The number of nitro benzene ring substituents is 1. The van der Waals surface area contributed by atoms with Gasteiger partial charge in [0.05, 0.1) is 11.1 Å². The third-order valence-corrected chi connectivity index (χ3v) is 3.56. The van der Waals surface area contributed by atoms with Gasteiger partial charge >= 0.3 is 11.8 Å². The smallest absolute Gasteiger partial charge is 0.329 e. The molecular formula is C17H14N4O6. The number of nitrogens with one attached hydrogen (secondary N) is 2. The van der Waals surface area contributed by atoms with Gasteiger partial charge in [-0.15, -0.1) is 0 Å². The molecule has 0 bridgehead atoms. The van der Waals surface area contributed by atoms with E-state index < -0.39 is 16.7 Å². The van der Waals surface area contributed by atoms with Crippen LogP contribution < -0.4 is 20.2 Å². The van der Waals surface area contributed by atoms with E-state index in [4.69, 9.17) is 9.47 Å². The number of carbonyl (C=O) groups excluding carboxylic acids is 2. The number of amides is 2. The van der Waals surface area contributed by atoms with E-state index in [9.17, 15) is 19.7 Å². The first-order chi connectivity index (χ1) is 13.0. The second-order valence-corrected chi connectivity index (χ2v) is 5.42. The number of nitrogens with zero attached hydrogens (tertiary/aromatic N) is 2. The van der Waals surface area contributed by atoms with Crippen molar-refractivity contribution >= 4 is 23.7 Å². The molecule has 0 spiro atoms. The van der Waals surface area contributed by atoms with Gasteiger partial charge in [0.2, 0.25) is 6.79 Å². The maximum Gasteiger partial charge on any atom is 0.329 e. The lowest BCUT2D eigenvalue weighted by atomic mass is 10.2. The van der Waals surface area contributed by atoms with Gasteiger partial charge in [-0.25, -0.2) is 5.43 Å². The van der Waals surface area contributed by atoms with Crippen LogP contribution in [-0.4, -0.2) is 29.7 Å². The van der Waals surface area contributed by atoms with Crippen molar-refractivity contribution in [3.63, 3.8) is 0 Å². The second kappa shape index (κ2) is 7.95. The summed E-state index contributed by atoms with van der Waals surface area (Å²) in [5, 5.41) is 16.8. The Morgan fingerprint density at radius 2 is 1.96 bits per heavy atom. The maximum absolute atomic E-state index is 11.8. The zero-order valence-electron chi connectivity index (χ0n) is 13.9. The van der Waals surface area contributed by atoms with Crippen molar-refractivity contribution in [2.45, 2.75) is 6.54 Å². The Hall–Kier alpha value is -3.95. The van der Waals surface area contributed by atoms with Gasteiger partial charge in [-0.1, -0.05) is 18.2 Å². The molecule has 3 rings (SSSR count). The summed E-state index contributed by atoms with van der Waals surface area (Å²) in [4.78, 5) is 33.7. The molecule has 2 aromatic carbocycles. The predicted octanol–water partition coefficient (Wildman–Crippen LogP) is 1.09. The van der Waals surface area contributed by atoms with E-state index in [0.29, 0.717) is 17.1 Å². The van der Waals surface area contributed by atoms with Gasteiger partial charge in [-0.3, -0.25) is 19.7 Å². The lowest BCUT2D eigenvalue weighted by Gasteiger charge is -2.05. The zero-order chi connectivity index (χ0) is 19.2. The number of nitro groups is 1. The number of carbonyl (C=O) groups is 2. The molecule has 1 heterocycles. The monoisotopic (exact) mass is 370 g/mol. The summed E-state index contributed by atoms with van der Waals surface area (Å²) in [7, 11) is 0. The highest BCUT2D eigenvalue weighted by atomic mass is 16.7. The van der Waals surface area contributed by atoms with Crippen LogP contribution in [0.15, 0.2) is 47.6 Å². The van der Waals surface area contributed by atoms with E-state index >= 15 is 0 Å². The van der Waals surface area contributed by atoms with Crippen molar-refractivity contribution in [2.75, 3.05) is 6.79 Å². The van der Waals surface area contributed by atoms with Crippen LogP contribution in [0.4, 0.5) is 5.69 Å². The fourth-order valence-electron chi connectivity index (χ4n) is 2.25. The van der Waals surface area contributed by atoms with Crippen molar-refractivity contribution in [2.24, 2.45) is 5.10 Å². The molecule has 0 saturated carbocycles. The minimum Gasteiger partial charge on any atom is -0.454 e. The molecule has 0 fully saturated rings. The van der Waals surface area contributed by atoms with Gasteiger partial charge < -0.3 is 14.8 Å². The van der Waals surface area contributed by atoms with E-state index in [1.54, 1.807) is 24.3 Å². The Bertz CT molecular complexity index is 927. The second-order valence-electron chi connectivity index (χ2n) is 5.42. The van der Waals surface area contributed by atoms with Crippen molar-refractivity contribution in [1.82, 2.24) is 10.7 Å². The molecular weight excluding hydrogens is 356 g/mol. The molecule has 0 aliphatic carbocycles. The Morgan fingerprint density at radius 3 is 2.78 bits per heavy atom. The number of hydrazone groups is 1. The summed E-state index contributed by atoms with van der Waals surface area (Å²) in [5.41, 5.74) is 3.10. The van der Waals surface area contributed by atoms with E-state index in [-0.39, 0.29) is 19.0 Å². The first kappa shape index (κ1) is 17.9. The minimum absolute atomic E-state index is 0.105. The van der Waals surface area contributed by atoms with Crippen LogP contribution in [0.1, 0.15) is 11.1 Å². The number of rotatable bonds is 5. The highest BCUT2D eigenvalue weighted by Crippen LogP contribution is 2.32. The molecule has 2 amide bonds. The number of ether oxygens (including phenoxy) is 2. The molecule has 0 saturated heterocycles. The standard InChI is InChI=1S/C17H14N4O6/c22-16(18-8-12-4-5-14-15(7-12)27-10-26-14)17(23)20-19-9-11-2-1-3-13(6-11)21(24)25/h1-7,9H,8,10H2,(H,18,22)(H,20,23)/b19-9-. The quantitative estimate of drug-likeness (QED) is 0.350. The molecule has 0 aromatic heterocycles. The van der Waals surface area contributed by atoms with Crippen molar-refractivity contribution in [3.05, 3.63) is 63.7 Å². The van der Waals surface area contributed by atoms with Crippen LogP contribution in [0.2, 0.25) is 0 Å². The molecule has 2 aromatic rings.